The monoisotopic (exact) mass is 272 g/mol. The van der Waals surface area contributed by atoms with Gasteiger partial charge in [-0.15, -0.1) is 0 Å². The topological polar surface area (TPSA) is 0 Å². The van der Waals surface area contributed by atoms with Crippen LogP contribution in [0.15, 0.2) is 60.7 Å². The van der Waals surface area contributed by atoms with Gasteiger partial charge < -0.3 is 0 Å². The van der Waals surface area contributed by atoms with E-state index in [4.69, 9.17) is 0 Å². The van der Waals surface area contributed by atoms with Gasteiger partial charge in [0, 0.05) is 40.8 Å². The van der Waals surface area contributed by atoms with E-state index in [0.717, 1.165) is 0 Å². The summed E-state index contributed by atoms with van der Waals surface area (Å²) < 4.78 is 0. The van der Waals surface area contributed by atoms with Crippen LogP contribution in [0.25, 0.3) is 0 Å². The molecule has 0 saturated heterocycles. The van der Waals surface area contributed by atoms with Crippen molar-refractivity contribution in [2.75, 3.05) is 0 Å². The molecule has 0 spiro atoms. The summed E-state index contributed by atoms with van der Waals surface area (Å²) in [5.74, 6) is 0. The van der Waals surface area contributed by atoms with Gasteiger partial charge in [-0.1, -0.05) is 0 Å². The molecule has 0 N–H and O–H groups in total. The molecule has 2 aromatic rings. The molecule has 0 saturated carbocycles. The number of hydrogen-bond acceptors (Lipinski definition) is 0. The van der Waals surface area contributed by atoms with E-state index in [1.807, 2.05) is 60.7 Å². The SMILES string of the molecule is [Nd].c1cc[cH-]c1.c1cc[cH-]c1. The van der Waals surface area contributed by atoms with E-state index in [2.05, 4.69) is 0 Å². The third-order valence-corrected chi connectivity index (χ3v) is 1.11. The zero-order valence-electron chi connectivity index (χ0n) is 6.27. The molecular formula is C10H10Nd-2. The van der Waals surface area contributed by atoms with Gasteiger partial charge in [-0.2, -0.15) is 36.4 Å². The average molecular weight is 274 g/mol. The smallest absolute Gasteiger partial charge is 0 e. The van der Waals surface area contributed by atoms with Gasteiger partial charge in [-0.05, 0) is 0 Å². The first-order valence-electron chi connectivity index (χ1n) is 3.33. The van der Waals surface area contributed by atoms with Crippen LogP contribution in [0, 0.1) is 40.8 Å². The molecule has 0 atom stereocenters. The van der Waals surface area contributed by atoms with Crippen LogP contribution >= 0.6 is 0 Å². The summed E-state index contributed by atoms with van der Waals surface area (Å²) in [6.07, 6.45) is 0. The van der Waals surface area contributed by atoms with Crippen LogP contribution < -0.4 is 0 Å². The Labute approximate surface area is 101 Å². The third kappa shape index (κ3) is 6.45. The first-order chi connectivity index (χ1) is 5.00. The molecule has 0 amide bonds. The minimum atomic E-state index is 0. The van der Waals surface area contributed by atoms with Crippen LogP contribution in [0.1, 0.15) is 0 Å². The fraction of sp³-hybridized carbons (Fsp3) is 0. The van der Waals surface area contributed by atoms with Crippen LogP contribution in [0.4, 0.5) is 0 Å². The van der Waals surface area contributed by atoms with Crippen molar-refractivity contribution in [3.8, 4) is 0 Å². The van der Waals surface area contributed by atoms with Crippen molar-refractivity contribution in [3.63, 3.8) is 0 Å². The zero-order chi connectivity index (χ0) is 7.07. The fourth-order valence-electron chi connectivity index (χ4n) is 0.642. The second kappa shape index (κ2) is 8.15. The molecule has 1 heteroatoms. The van der Waals surface area contributed by atoms with Crippen LogP contribution in [0.3, 0.4) is 0 Å². The van der Waals surface area contributed by atoms with Gasteiger partial charge in [0.25, 0.3) is 0 Å². The molecule has 0 aliphatic carbocycles. The van der Waals surface area contributed by atoms with Crippen LogP contribution in [0.5, 0.6) is 0 Å². The quantitative estimate of drug-likeness (QED) is 0.648. The summed E-state index contributed by atoms with van der Waals surface area (Å²) >= 11 is 0. The molecule has 11 heavy (non-hydrogen) atoms. The Morgan fingerprint density at radius 1 is 0.545 bits per heavy atom. The summed E-state index contributed by atoms with van der Waals surface area (Å²) in [6, 6.07) is 20.0. The summed E-state index contributed by atoms with van der Waals surface area (Å²) in [5.41, 5.74) is 0. The van der Waals surface area contributed by atoms with E-state index < -0.39 is 0 Å². The minimum Gasteiger partial charge on any atom is -0.214 e. The van der Waals surface area contributed by atoms with Gasteiger partial charge in [-0.3, -0.25) is 0 Å². The Bertz CT molecular complexity index is 144. The van der Waals surface area contributed by atoms with Crippen molar-refractivity contribution in [2.24, 2.45) is 0 Å². The summed E-state index contributed by atoms with van der Waals surface area (Å²) in [5, 5.41) is 0. The number of rotatable bonds is 0. The Morgan fingerprint density at radius 3 is 0.909 bits per heavy atom. The molecule has 0 radical (unpaired) electrons. The molecular weight excluding hydrogens is 264 g/mol. The maximum atomic E-state index is 2.00. The van der Waals surface area contributed by atoms with Crippen molar-refractivity contribution in [3.05, 3.63) is 60.7 Å². The molecule has 0 aliphatic rings. The maximum Gasteiger partial charge on any atom is 0 e. The molecule has 2 aromatic carbocycles. The molecule has 0 unspecified atom stereocenters. The average Bonchev–Trinajstić information content (AvgIpc) is 2.67. The van der Waals surface area contributed by atoms with Crippen molar-refractivity contribution in [1.29, 1.82) is 0 Å². The zero-order valence-corrected chi connectivity index (χ0v) is 9.48. The number of hydrogen-bond donors (Lipinski definition) is 0. The van der Waals surface area contributed by atoms with Crippen molar-refractivity contribution < 1.29 is 40.8 Å². The Balaban J connectivity index is 0.000000167. The van der Waals surface area contributed by atoms with Crippen LogP contribution in [-0.4, -0.2) is 0 Å². The van der Waals surface area contributed by atoms with Crippen molar-refractivity contribution >= 4 is 0 Å². The van der Waals surface area contributed by atoms with E-state index in [0.29, 0.717) is 0 Å². The molecule has 0 fully saturated rings. The Hall–Kier alpha value is 0.0506. The van der Waals surface area contributed by atoms with E-state index in [1.54, 1.807) is 0 Å². The first kappa shape index (κ1) is 11.1. The Kier molecular flexibility index (Phi) is 8.19. The second-order valence-electron chi connectivity index (χ2n) is 1.92. The predicted octanol–water partition coefficient (Wildman–Crippen LogP) is 2.81. The van der Waals surface area contributed by atoms with Crippen molar-refractivity contribution in [2.45, 2.75) is 0 Å². The van der Waals surface area contributed by atoms with E-state index in [1.165, 1.54) is 0 Å². The third-order valence-electron chi connectivity index (χ3n) is 1.11. The molecule has 0 bridgehead atoms. The molecule has 0 aliphatic heterocycles. The predicted molar refractivity (Wildman–Crippen MR) is 44.1 cm³/mol. The minimum absolute atomic E-state index is 0. The standard InChI is InChI=1S/2C5H5.Nd/c2*1-2-4-5-3-1;/h2*1-5H;/q2*-1;. The maximum absolute atomic E-state index is 2.00. The molecule has 2 rings (SSSR count). The van der Waals surface area contributed by atoms with Gasteiger partial charge in [-0.25, -0.2) is 24.3 Å². The van der Waals surface area contributed by atoms with Crippen LogP contribution in [0.2, 0.25) is 0 Å². The Morgan fingerprint density at radius 2 is 0.818 bits per heavy atom. The van der Waals surface area contributed by atoms with Gasteiger partial charge in [0.1, 0.15) is 0 Å². The van der Waals surface area contributed by atoms with Gasteiger partial charge in [0.15, 0.2) is 0 Å². The summed E-state index contributed by atoms with van der Waals surface area (Å²) in [4.78, 5) is 0. The summed E-state index contributed by atoms with van der Waals surface area (Å²) in [6.45, 7) is 0. The van der Waals surface area contributed by atoms with E-state index >= 15 is 0 Å². The fourth-order valence-corrected chi connectivity index (χ4v) is 0.642. The molecule has 0 aromatic heterocycles. The first-order valence-corrected chi connectivity index (χ1v) is 3.33. The van der Waals surface area contributed by atoms with Crippen LogP contribution in [-0.2, 0) is 0 Å². The normalized spacial score (nSPS) is 7.27. The van der Waals surface area contributed by atoms with E-state index in [-0.39, 0.29) is 40.8 Å². The van der Waals surface area contributed by atoms with Crippen molar-refractivity contribution in [1.82, 2.24) is 0 Å². The summed E-state index contributed by atoms with van der Waals surface area (Å²) in [7, 11) is 0. The molecule has 56 valence electrons. The molecule has 0 heterocycles. The van der Waals surface area contributed by atoms with Gasteiger partial charge >= 0.3 is 0 Å². The van der Waals surface area contributed by atoms with E-state index in [9.17, 15) is 0 Å². The second-order valence-corrected chi connectivity index (χ2v) is 1.92. The van der Waals surface area contributed by atoms with Gasteiger partial charge in [0.2, 0.25) is 0 Å². The van der Waals surface area contributed by atoms with Gasteiger partial charge in [0.05, 0.1) is 0 Å². The molecule has 0 nitrogen and oxygen atoms in total. The largest absolute Gasteiger partial charge is 0.214 e.